The van der Waals surface area contributed by atoms with Gasteiger partial charge >= 0.3 is 0 Å². The summed E-state index contributed by atoms with van der Waals surface area (Å²) in [5, 5.41) is 12.8. The first-order valence-electron chi connectivity index (χ1n) is 5.05. The van der Waals surface area contributed by atoms with Crippen LogP contribution in [0.5, 0.6) is 5.75 Å². The fourth-order valence-electron chi connectivity index (χ4n) is 1.30. The minimum Gasteiger partial charge on any atom is -0.508 e. The molecule has 8 heteroatoms. The number of nitrogens with zero attached hydrogens (tertiary/aromatic N) is 2. The van der Waals surface area contributed by atoms with Gasteiger partial charge in [-0.05, 0) is 25.1 Å². The summed E-state index contributed by atoms with van der Waals surface area (Å²) in [5.74, 6) is 0.490. The normalized spacial score (nSPS) is 11.6. The van der Waals surface area contributed by atoms with Crippen molar-refractivity contribution in [1.82, 2.24) is 14.9 Å². The van der Waals surface area contributed by atoms with E-state index in [4.69, 9.17) is 4.52 Å². The summed E-state index contributed by atoms with van der Waals surface area (Å²) in [7, 11) is -3.71. The summed E-state index contributed by atoms with van der Waals surface area (Å²) in [6.45, 7) is 1.54. The third-order valence-electron chi connectivity index (χ3n) is 2.11. The van der Waals surface area contributed by atoms with Crippen molar-refractivity contribution in [2.45, 2.75) is 18.4 Å². The Labute approximate surface area is 104 Å². The lowest BCUT2D eigenvalue weighted by atomic mass is 10.3. The Balaban J connectivity index is 2.13. The van der Waals surface area contributed by atoms with Crippen LogP contribution in [-0.4, -0.2) is 23.7 Å². The van der Waals surface area contributed by atoms with Gasteiger partial charge in [-0.3, -0.25) is 0 Å². The predicted molar refractivity (Wildman–Crippen MR) is 61.2 cm³/mol. The van der Waals surface area contributed by atoms with E-state index in [9.17, 15) is 13.5 Å². The summed E-state index contributed by atoms with van der Waals surface area (Å²) in [6, 6.07) is 5.36. The van der Waals surface area contributed by atoms with Crippen LogP contribution in [0.4, 0.5) is 0 Å². The van der Waals surface area contributed by atoms with Gasteiger partial charge in [-0.25, -0.2) is 13.1 Å². The molecule has 0 amide bonds. The maximum atomic E-state index is 11.9. The van der Waals surface area contributed by atoms with Crippen molar-refractivity contribution >= 4 is 10.0 Å². The zero-order valence-corrected chi connectivity index (χ0v) is 10.3. The fraction of sp³-hybridized carbons (Fsp3) is 0.200. The third kappa shape index (κ3) is 2.84. The molecule has 1 heterocycles. The topological polar surface area (TPSA) is 105 Å². The SMILES string of the molecule is Cc1noc(CNS(=O)(=O)c2cccc(O)c2)n1. The first-order valence-corrected chi connectivity index (χ1v) is 6.53. The number of phenolic OH excluding ortho intramolecular Hbond substituents is 1. The van der Waals surface area contributed by atoms with Crippen molar-refractivity contribution in [3.63, 3.8) is 0 Å². The summed E-state index contributed by atoms with van der Waals surface area (Å²) in [5.41, 5.74) is 0. The van der Waals surface area contributed by atoms with Gasteiger partial charge in [0.05, 0.1) is 11.4 Å². The van der Waals surface area contributed by atoms with Gasteiger partial charge in [0, 0.05) is 0 Å². The quantitative estimate of drug-likeness (QED) is 0.840. The highest BCUT2D eigenvalue weighted by Gasteiger charge is 2.15. The highest BCUT2D eigenvalue weighted by atomic mass is 32.2. The minimum absolute atomic E-state index is 0.0289. The monoisotopic (exact) mass is 269 g/mol. The molecule has 1 aromatic carbocycles. The fourth-order valence-corrected chi connectivity index (χ4v) is 2.32. The maximum absolute atomic E-state index is 11.9. The zero-order valence-electron chi connectivity index (χ0n) is 9.49. The Hall–Kier alpha value is -1.93. The number of aryl methyl sites for hydroxylation is 1. The number of nitrogens with one attached hydrogen (secondary N) is 1. The predicted octanol–water partition coefficient (Wildman–Crippen LogP) is 0.562. The Morgan fingerprint density at radius 1 is 1.44 bits per heavy atom. The molecule has 2 N–H and O–H groups in total. The third-order valence-corrected chi connectivity index (χ3v) is 3.51. The molecule has 96 valence electrons. The molecule has 0 aliphatic heterocycles. The lowest BCUT2D eigenvalue weighted by molar-refractivity contribution is 0.372. The van der Waals surface area contributed by atoms with Gasteiger partial charge in [0.15, 0.2) is 5.82 Å². The van der Waals surface area contributed by atoms with Crippen LogP contribution >= 0.6 is 0 Å². The van der Waals surface area contributed by atoms with E-state index < -0.39 is 10.0 Å². The van der Waals surface area contributed by atoms with E-state index in [-0.39, 0.29) is 23.1 Å². The van der Waals surface area contributed by atoms with Crippen LogP contribution in [0, 0.1) is 6.92 Å². The first kappa shape index (κ1) is 12.5. The standard InChI is InChI=1S/C10H11N3O4S/c1-7-12-10(17-13-7)6-11-18(15,16)9-4-2-3-8(14)5-9/h2-5,11,14H,6H2,1H3. The molecule has 18 heavy (non-hydrogen) atoms. The molecule has 0 aliphatic rings. The molecule has 0 saturated carbocycles. The van der Waals surface area contributed by atoms with E-state index in [0.717, 1.165) is 6.07 Å². The Morgan fingerprint density at radius 3 is 2.83 bits per heavy atom. The van der Waals surface area contributed by atoms with Crippen LogP contribution < -0.4 is 4.72 Å². The minimum atomic E-state index is -3.71. The smallest absolute Gasteiger partial charge is 0.241 e. The van der Waals surface area contributed by atoms with E-state index in [1.165, 1.54) is 18.2 Å². The molecule has 0 bridgehead atoms. The average molecular weight is 269 g/mol. The molecule has 0 unspecified atom stereocenters. The second-order valence-electron chi connectivity index (χ2n) is 3.56. The number of sulfonamides is 1. The number of phenols is 1. The van der Waals surface area contributed by atoms with Gasteiger partial charge in [0.1, 0.15) is 5.75 Å². The largest absolute Gasteiger partial charge is 0.508 e. The summed E-state index contributed by atoms with van der Waals surface area (Å²) >= 11 is 0. The van der Waals surface area contributed by atoms with Crippen molar-refractivity contribution in [3.8, 4) is 5.75 Å². The number of hydrogen-bond donors (Lipinski definition) is 2. The summed E-state index contributed by atoms with van der Waals surface area (Å²) in [6.07, 6.45) is 0. The molecule has 0 spiro atoms. The Kier molecular flexibility index (Phi) is 3.30. The molecular weight excluding hydrogens is 258 g/mol. The van der Waals surface area contributed by atoms with Crippen LogP contribution in [0.2, 0.25) is 0 Å². The molecule has 2 aromatic rings. The van der Waals surface area contributed by atoms with Crippen LogP contribution in [0.1, 0.15) is 11.7 Å². The molecule has 1 aromatic heterocycles. The summed E-state index contributed by atoms with van der Waals surface area (Å²) in [4.78, 5) is 3.84. The number of hydrogen-bond acceptors (Lipinski definition) is 6. The Bertz CT molecular complexity index is 651. The van der Waals surface area contributed by atoms with Crippen LogP contribution in [-0.2, 0) is 16.6 Å². The van der Waals surface area contributed by atoms with E-state index in [0.29, 0.717) is 5.82 Å². The number of benzene rings is 1. The van der Waals surface area contributed by atoms with E-state index in [1.807, 2.05) is 0 Å². The van der Waals surface area contributed by atoms with Gasteiger partial charge in [-0.15, -0.1) is 0 Å². The highest BCUT2D eigenvalue weighted by molar-refractivity contribution is 7.89. The van der Waals surface area contributed by atoms with Gasteiger partial charge < -0.3 is 9.63 Å². The van der Waals surface area contributed by atoms with Crippen LogP contribution in [0.3, 0.4) is 0 Å². The number of aromatic hydroxyl groups is 1. The second kappa shape index (κ2) is 4.75. The van der Waals surface area contributed by atoms with Gasteiger partial charge in [-0.2, -0.15) is 4.98 Å². The number of rotatable bonds is 4. The van der Waals surface area contributed by atoms with E-state index >= 15 is 0 Å². The summed E-state index contributed by atoms with van der Waals surface area (Å²) < 4.78 is 30.8. The number of aromatic nitrogens is 2. The molecule has 0 saturated heterocycles. The van der Waals surface area contributed by atoms with Crippen molar-refractivity contribution in [2.75, 3.05) is 0 Å². The average Bonchev–Trinajstić information content (AvgIpc) is 2.73. The van der Waals surface area contributed by atoms with Crippen LogP contribution in [0.15, 0.2) is 33.7 Å². The van der Waals surface area contributed by atoms with Crippen LogP contribution in [0.25, 0.3) is 0 Å². The molecule has 0 radical (unpaired) electrons. The van der Waals surface area contributed by atoms with Crippen molar-refractivity contribution in [3.05, 3.63) is 36.0 Å². The molecule has 0 aliphatic carbocycles. The van der Waals surface area contributed by atoms with E-state index in [2.05, 4.69) is 14.9 Å². The maximum Gasteiger partial charge on any atom is 0.241 e. The van der Waals surface area contributed by atoms with Gasteiger partial charge in [-0.1, -0.05) is 11.2 Å². The second-order valence-corrected chi connectivity index (χ2v) is 5.32. The lowest BCUT2D eigenvalue weighted by Gasteiger charge is -2.04. The van der Waals surface area contributed by atoms with Crippen molar-refractivity contribution < 1.29 is 18.0 Å². The van der Waals surface area contributed by atoms with E-state index in [1.54, 1.807) is 6.92 Å². The van der Waals surface area contributed by atoms with Crippen molar-refractivity contribution in [1.29, 1.82) is 0 Å². The molecule has 0 fully saturated rings. The molecule has 0 atom stereocenters. The van der Waals surface area contributed by atoms with Gasteiger partial charge in [0.2, 0.25) is 15.9 Å². The first-order chi connectivity index (χ1) is 8.47. The molecule has 2 rings (SSSR count). The zero-order chi connectivity index (χ0) is 13.2. The molecule has 7 nitrogen and oxygen atoms in total. The highest BCUT2D eigenvalue weighted by Crippen LogP contribution is 2.15. The molecular formula is C10H11N3O4S. The lowest BCUT2D eigenvalue weighted by Crippen LogP contribution is -2.23. The van der Waals surface area contributed by atoms with Crippen molar-refractivity contribution in [2.24, 2.45) is 0 Å². The Morgan fingerprint density at radius 2 is 2.22 bits per heavy atom. The van der Waals surface area contributed by atoms with Gasteiger partial charge in [0.25, 0.3) is 0 Å².